The van der Waals surface area contributed by atoms with Crippen molar-refractivity contribution in [2.24, 2.45) is 0 Å². The van der Waals surface area contributed by atoms with Gasteiger partial charge in [0.25, 0.3) is 0 Å². The van der Waals surface area contributed by atoms with Crippen LogP contribution in [0.5, 0.6) is 0 Å². The SMILES string of the molecule is CS(=O)c1cccc(NC(=O)NCC2(O)CCCCCC2)c1. The van der Waals surface area contributed by atoms with E-state index in [1.807, 2.05) is 0 Å². The molecule has 1 aromatic carbocycles. The Balaban J connectivity index is 1.87. The van der Waals surface area contributed by atoms with Crippen LogP contribution in [-0.2, 0) is 10.8 Å². The lowest BCUT2D eigenvalue weighted by atomic mass is 9.95. The van der Waals surface area contributed by atoms with Gasteiger partial charge in [-0.25, -0.2) is 4.79 Å². The van der Waals surface area contributed by atoms with E-state index < -0.39 is 16.4 Å². The molecule has 2 rings (SSSR count). The molecular weight excluding hydrogens is 300 g/mol. The highest BCUT2D eigenvalue weighted by molar-refractivity contribution is 7.84. The molecule has 22 heavy (non-hydrogen) atoms. The van der Waals surface area contributed by atoms with E-state index in [4.69, 9.17) is 0 Å². The van der Waals surface area contributed by atoms with Crippen LogP contribution in [-0.4, -0.2) is 33.7 Å². The molecule has 1 aliphatic carbocycles. The van der Waals surface area contributed by atoms with Crippen molar-refractivity contribution in [2.75, 3.05) is 18.1 Å². The van der Waals surface area contributed by atoms with Crippen LogP contribution in [0.2, 0.25) is 0 Å². The minimum Gasteiger partial charge on any atom is -0.388 e. The zero-order valence-corrected chi connectivity index (χ0v) is 13.7. The first-order chi connectivity index (χ1) is 10.5. The maximum absolute atomic E-state index is 12.0. The van der Waals surface area contributed by atoms with Crippen LogP contribution in [0.25, 0.3) is 0 Å². The average Bonchev–Trinajstić information content (AvgIpc) is 2.71. The number of anilines is 1. The summed E-state index contributed by atoms with van der Waals surface area (Å²) >= 11 is 0. The summed E-state index contributed by atoms with van der Waals surface area (Å²) in [5.41, 5.74) is -0.196. The van der Waals surface area contributed by atoms with E-state index in [0.29, 0.717) is 10.6 Å². The van der Waals surface area contributed by atoms with E-state index in [1.54, 1.807) is 30.5 Å². The summed E-state index contributed by atoms with van der Waals surface area (Å²) in [6.45, 7) is 0.262. The second-order valence-corrected chi connectivity index (χ2v) is 7.31. The molecule has 0 radical (unpaired) electrons. The first-order valence-corrected chi connectivity index (χ1v) is 9.25. The Hall–Kier alpha value is -1.40. The number of amides is 2. The van der Waals surface area contributed by atoms with Gasteiger partial charge in [0, 0.05) is 34.2 Å². The summed E-state index contributed by atoms with van der Waals surface area (Å²) < 4.78 is 11.4. The standard InChI is InChI=1S/C16H24N2O3S/c1-22(21)14-8-6-7-13(11-14)18-15(19)17-12-16(20)9-4-2-3-5-10-16/h6-8,11,20H,2-5,9-10,12H2,1H3,(H2,17,18,19). The van der Waals surface area contributed by atoms with Gasteiger partial charge in [-0.15, -0.1) is 0 Å². The van der Waals surface area contributed by atoms with Crippen molar-refractivity contribution in [3.63, 3.8) is 0 Å². The molecule has 0 bridgehead atoms. The number of aliphatic hydroxyl groups is 1. The summed E-state index contributed by atoms with van der Waals surface area (Å²) in [5.74, 6) is 0. The summed E-state index contributed by atoms with van der Waals surface area (Å²) in [7, 11) is -1.08. The molecule has 0 heterocycles. The smallest absolute Gasteiger partial charge is 0.319 e. The van der Waals surface area contributed by atoms with Crippen molar-refractivity contribution in [3.05, 3.63) is 24.3 Å². The monoisotopic (exact) mass is 324 g/mol. The molecule has 1 aromatic rings. The minimum atomic E-state index is -1.08. The van der Waals surface area contributed by atoms with Crippen molar-refractivity contribution in [1.29, 1.82) is 0 Å². The van der Waals surface area contributed by atoms with Gasteiger partial charge in [0.15, 0.2) is 0 Å². The molecule has 0 aliphatic heterocycles. The van der Waals surface area contributed by atoms with Crippen LogP contribution in [0, 0.1) is 0 Å². The van der Waals surface area contributed by atoms with Gasteiger partial charge in [-0.1, -0.05) is 31.7 Å². The van der Waals surface area contributed by atoms with Crippen molar-refractivity contribution in [3.8, 4) is 0 Å². The molecule has 0 saturated heterocycles. The van der Waals surface area contributed by atoms with Crippen LogP contribution in [0.15, 0.2) is 29.2 Å². The fraction of sp³-hybridized carbons (Fsp3) is 0.562. The number of carbonyl (C=O) groups is 1. The number of benzene rings is 1. The lowest BCUT2D eigenvalue weighted by molar-refractivity contribution is 0.0281. The van der Waals surface area contributed by atoms with Crippen LogP contribution in [0.4, 0.5) is 10.5 Å². The predicted octanol–water partition coefficient (Wildman–Crippen LogP) is 2.63. The Morgan fingerprint density at radius 3 is 2.59 bits per heavy atom. The number of carbonyl (C=O) groups excluding carboxylic acids is 1. The molecule has 1 fully saturated rings. The zero-order chi connectivity index (χ0) is 16.0. The molecule has 122 valence electrons. The number of urea groups is 1. The van der Waals surface area contributed by atoms with Crippen molar-refractivity contribution in [2.45, 2.75) is 49.0 Å². The highest BCUT2D eigenvalue weighted by Crippen LogP contribution is 2.26. The number of nitrogens with one attached hydrogen (secondary N) is 2. The summed E-state index contributed by atoms with van der Waals surface area (Å²) in [6, 6.07) is 6.60. The largest absolute Gasteiger partial charge is 0.388 e. The third-order valence-electron chi connectivity index (χ3n) is 4.04. The first-order valence-electron chi connectivity index (χ1n) is 7.69. The molecule has 0 aromatic heterocycles. The van der Waals surface area contributed by atoms with Crippen LogP contribution < -0.4 is 10.6 Å². The van der Waals surface area contributed by atoms with Gasteiger partial charge >= 0.3 is 6.03 Å². The number of hydrogen-bond donors (Lipinski definition) is 3. The Bertz CT molecular complexity index is 540. The first kappa shape index (κ1) is 17.0. The summed E-state index contributed by atoms with van der Waals surface area (Å²) in [5, 5.41) is 16.0. The molecule has 1 atom stereocenters. The topological polar surface area (TPSA) is 78.4 Å². The lowest BCUT2D eigenvalue weighted by Crippen LogP contribution is -2.44. The maximum atomic E-state index is 12.0. The fourth-order valence-electron chi connectivity index (χ4n) is 2.74. The van der Waals surface area contributed by atoms with Crippen molar-refractivity contribution < 1.29 is 14.1 Å². The predicted molar refractivity (Wildman–Crippen MR) is 88.4 cm³/mol. The van der Waals surface area contributed by atoms with Crippen molar-refractivity contribution in [1.82, 2.24) is 5.32 Å². The third-order valence-corrected chi connectivity index (χ3v) is 4.95. The molecule has 1 aliphatic rings. The number of rotatable bonds is 4. The molecule has 1 saturated carbocycles. The van der Waals surface area contributed by atoms with E-state index in [-0.39, 0.29) is 12.6 Å². The molecule has 6 heteroatoms. The van der Waals surface area contributed by atoms with E-state index in [2.05, 4.69) is 10.6 Å². The minimum absolute atomic E-state index is 0.262. The van der Waals surface area contributed by atoms with Gasteiger partial charge in [-0.2, -0.15) is 0 Å². The van der Waals surface area contributed by atoms with Gasteiger partial charge in [-0.05, 0) is 31.0 Å². The summed E-state index contributed by atoms with van der Waals surface area (Å²) in [6.07, 6.45) is 7.37. The van der Waals surface area contributed by atoms with Gasteiger partial charge < -0.3 is 15.7 Å². The van der Waals surface area contributed by atoms with Gasteiger partial charge in [0.1, 0.15) is 0 Å². The number of hydrogen-bond acceptors (Lipinski definition) is 3. The van der Waals surface area contributed by atoms with Gasteiger partial charge in [0.2, 0.25) is 0 Å². The average molecular weight is 324 g/mol. The van der Waals surface area contributed by atoms with Crippen LogP contribution in [0.3, 0.4) is 0 Å². The van der Waals surface area contributed by atoms with E-state index in [9.17, 15) is 14.1 Å². The van der Waals surface area contributed by atoms with Crippen LogP contribution in [0.1, 0.15) is 38.5 Å². The normalized spacial score (nSPS) is 19.0. The molecule has 2 amide bonds. The van der Waals surface area contributed by atoms with Gasteiger partial charge in [-0.3, -0.25) is 4.21 Å². The highest BCUT2D eigenvalue weighted by atomic mass is 32.2. The molecular formula is C16H24N2O3S. The Morgan fingerprint density at radius 1 is 1.27 bits per heavy atom. The quantitative estimate of drug-likeness (QED) is 0.745. The van der Waals surface area contributed by atoms with E-state index >= 15 is 0 Å². The Labute approximate surface area is 134 Å². The zero-order valence-electron chi connectivity index (χ0n) is 12.9. The van der Waals surface area contributed by atoms with Crippen LogP contribution >= 0.6 is 0 Å². The van der Waals surface area contributed by atoms with E-state index in [1.165, 1.54) is 0 Å². The second-order valence-electron chi connectivity index (χ2n) is 5.93. The highest BCUT2D eigenvalue weighted by Gasteiger charge is 2.28. The second kappa shape index (κ2) is 7.74. The Morgan fingerprint density at radius 2 is 1.95 bits per heavy atom. The summed E-state index contributed by atoms with van der Waals surface area (Å²) in [4.78, 5) is 12.6. The van der Waals surface area contributed by atoms with Crippen molar-refractivity contribution >= 4 is 22.5 Å². The maximum Gasteiger partial charge on any atom is 0.319 e. The van der Waals surface area contributed by atoms with E-state index in [0.717, 1.165) is 38.5 Å². The molecule has 5 nitrogen and oxygen atoms in total. The third kappa shape index (κ3) is 5.10. The lowest BCUT2D eigenvalue weighted by Gasteiger charge is -2.26. The molecule has 3 N–H and O–H groups in total. The molecule has 1 unspecified atom stereocenters. The Kier molecular flexibility index (Phi) is 5.97. The van der Waals surface area contributed by atoms with Gasteiger partial charge in [0.05, 0.1) is 5.60 Å². The molecule has 0 spiro atoms. The fourth-order valence-corrected chi connectivity index (χ4v) is 3.30.